The van der Waals surface area contributed by atoms with Gasteiger partial charge in [-0.2, -0.15) is 5.10 Å². The van der Waals surface area contributed by atoms with Gasteiger partial charge in [-0.25, -0.2) is 15.4 Å². The number of nitrogens with one attached hydrogen (secondary N) is 3. The Kier molecular flexibility index (Phi) is 3.23. The molecule has 1 aliphatic heterocycles. The minimum atomic E-state index is -0.0353. The molecule has 114 valence electrons. The smallest absolute Gasteiger partial charge is 0.212 e. The van der Waals surface area contributed by atoms with E-state index in [0.717, 1.165) is 24.2 Å². The third-order valence-corrected chi connectivity index (χ3v) is 3.69. The highest BCUT2D eigenvalue weighted by Crippen LogP contribution is 2.15. The fourth-order valence-corrected chi connectivity index (χ4v) is 2.59. The van der Waals surface area contributed by atoms with Crippen LogP contribution in [-0.4, -0.2) is 35.2 Å². The Morgan fingerprint density at radius 2 is 2.13 bits per heavy atom. The van der Waals surface area contributed by atoms with Crippen LogP contribution in [0.1, 0.15) is 5.56 Å². The number of hydrazone groups is 1. The molecule has 4 rings (SSSR count). The molecule has 3 aromatic rings. The number of aromatic amines is 1. The standard InChI is InChI=1S/C16H14N6O/c23-14-11-4-1-3-10(9-20-22-16-18-7-8-19-16)13(11)21-15-12(14)5-2-6-17-15/h1-6,9H,7-8H2,(H,17,21,23)(H2,18,19,22)/b20-9-. The molecule has 23 heavy (non-hydrogen) atoms. The van der Waals surface area contributed by atoms with E-state index >= 15 is 0 Å². The lowest BCUT2D eigenvalue weighted by atomic mass is 10.1. The number of rotatable bonds is 2. The number of hydrogen-bond acceptors (Lipinski definition) is 6. The molecule has 3 heterocycles. The van der Waals surface area contributed by atoms with Crippen molar-refractivity contribution in [2.24, 2.45) is 10.1 Å². The van der Waals surface area contributed by atoms with Crippen LogP contribution >= 0.6 is 0 Å². The number of aromatic nitrogens is 2. The zero-order chi connectivity index (χ0) is 15.6. The van der Waals surface area contributed by atoms with Crippen LogP contribution in [0.15, 0.2) is 51.4 Å². The molecule has 1 aliphatic rings. The van der Waals surface area contributed by atoms with Crippen molar-refractivity contribution in [1.82, 2.24) is 20.7 Å². The predicted octanol–water partition coefficient (Wildman–Crippen LogP) is 0.959. The summed E-state index contributed by atoms with van der Waals surface area (Å²) in [5, 5.41) is 8.44. The number of nitrogens with zero attached hydrogens (tertiary/aromatic N) is 3. The van der Waals surface area contributed by atoms with Crippen molar-refractivity contribution in [3.8, 4) is 0 Å². The molecule has 0 spiro atoms. The van der Waals surface area contributed by atoms with E-state index in [0.29, 0.717) is 22.4 Å². The first-order valence-electron chi connectivity index (χ1n) is 7.30. The van der Waals surface area contributed by atoms with Crippen LogP contribution < -0.4 is 16.2 Å². The lowest BCUT2D eigenvalue weighted by Crippen LogP contribution is -2.30. The van der Waals surface area contributed by atoms with Crippen LogP contribution in [0.2, 0.25) is 0 Å². The summed E-state index contributed by atoms with van der Waals surface area (Å²) in [4.78, 5) is 24.2. The van der Waals surface area contributed by atoms with E-state index in [1.54, 1.807) is 30.6 Å². The fourth-order valence-electron chi connectivity index (χ4n) is 2.59. The van der Waals surface area contributed by atoms with Gasteiger partial charge in [-0.05, 0) is 18.2 Å². The van der Waals surface area contributed by atoms with Gasteiger partial charge in [0.05, 0.1) is 23.7 Å². The molecule has 0 fully saturated rings. The second-order valence-electron chi connectivity index (χ2n) is 5.15. The van der Waals surface area contributed by atoms with E-state index in [4.69, 9.17) is 0 Å². The van der Waals surface area contributed by atoms with Gasteiger partial charge >= 0.3 is 0 Å². The molecule has 0 atom stereocenters. The first-order valence-corrected chi connectivity index (χ1v) is 7.30. The van der Waals surface area contributed by atoms with E-state index in [2.05, 4.69) is 30.8 Å². The molecular formula is C16H14N6O. The van der Waals surface area contributed by atoms with Gasteiger partial charge in [0.2, 0.25) is 5.96 Å². The Labute approximate surface area is 131 Å². The summed E-state index contributed by atoms with van der Waals surface area (Å²) >= 11 is 0. The summed E-state index contributed by atoms with van der Waals surface area (Å²) in [5.74, 6) is 0.655. The van der Waals surface area contributed by atoms with Crippen LogP contribution in [-0.2, 0) is 0 Å². The molecule has 0 bridgehead atoms. The van der Waals surface area contributed by atoms with Crippen LogP contribution in [0, 0.1) is 0 Å². The maximum atomic E-state index is 12.6. The number of guanidine groups is 1. The summed E-state index contributed by atoms with van der Waals surface area (Å²) in [7, 11) is 0. The molecule has 7 nitrogen and oxygen atoms in total. The molecular weight excluding hydrogens is 292 g/mol. The Hall–Kier alpha value is -3.22. The summed E-state index contributed by atoms with van der Waals surface area (Å²) in [6.07, 6.45) is 3.32. The highest BCUT2D eigenvalue weighted by Gasteiger charge is 2.08. The third-order valence-electron chi connectivity index (χ3n) is 3.69. The molecule has 0 aliphatic carbocycles. The van der Waals surface area contributed by atoms with Gasteiger partial charge in [0.1, 0.15) is 5.65 Å². The topological polar surface area (TPSA) is 94.5 Å². The van der Waals surface area contributed by atoms with E-state index < -0.39 is 0 Å². The van der Waals surface area contributed by atoms with E-state index in [-0.39, 0.29) is 5.43 Å². The lowest BCUT2D eigenvalue weighted by molar-refractivity contribution is 0.920. The zero-order valence-electron chi connectivity index (χ0n) is 12.2. The number of aliphatic imine (C=N–C) groups is 1. The van der Waals surface area contributed by atoms with Crippen LogP contribution in [0.5, 0.6) is 0 Å². The summed E-state index contributed by atoms with van der Waals surface area (Å²) < 4.78 is 0. The van der Waals surface area contributed by atoms with E-state index in [1.807, 2.05) is 12.1 Å². The maximum absolute atomic E-state index is 12.6. The number of para-hydroxylation sites is 1. The van der Waals surface area contributed by atoms with Gasteiger partial charge < -0.3 is 10.3 Å². The Bertz CT molecular complexity index is 1000. The Balaban J connectivity index is 1.80. The second kappa shape index (κ2) is 5.53. The van der Waals surface area contributed by atoms with Crippen molar-refractivity contribution in [3.05, 3.63) is 52.3 Å². The van der Waals surface area contributed by atoms with Crippen molar-refractivity contribution < 1.29 is 0 Å². The predicted molar refractivity (Wildman–Crippen MR) is 90.9 cm³/mol. The molecule has 0 unspecified atom stereocenters. The average Bonchev–Trinajstić information content (AvgIpc) is 3.09. The minimum absolute atomic E-state index is 0.0353. The van der Waals surface area contributed by atoms with Crippen LogP contribution in [0.3, 0.4) is 0 Å². The van der Waals surface area contributed by atoms with Gasteiger partial charge in [-0.15, -0.1) is 0 Å². The van der Waals surface area contributed by atoms with Crippen molar-refractivity contribution >= 4 is 34.1 Å². The number of fused-ring (bicyclic) bond motifs is 2. The molecule has 3 N–H and O–H groups in total. The molecule has 0 radical (unpaired) electrons. The largest absolute Gasteiger partial charge is 0.353 e. The van der Waals surface area contributed by atoms with Gasteiger partial charge in [0.15, 0.2) is 5.43 Å². The molecule has 0 saturated carbocycles. The third kappa shape index (κ3) is 2.42. The highest BCUT2D eigenvalue weighted by atomic mass is 16.1. The molecule has 0 amide bonds. The number of hydrogen-bond donors (Lipinski definition) is 3. The minimum Gasteiger partial charge on any atom is -0.353 e. The van der Waals surface area contributed by atoms with Crippen molar-refractivity contribution in [2.75, 3.05) is 13.1 Å². The number of benzene rings is 1. The summed E-state index contributed by atoms with van der Waals surface area (Å²) in [5.41, 5.74) is 4.90. The van der Waals surface area contributed by atoms with Gasteiger partial charge in [-0.3, -0.25) is 4.79 Å². The summed E-state index contributed by atoms with van der Waals surface area (Å²) in [6, 6.07) is 9.06. The molecule has 2 aromatic heterocycles. The summed E-state index contributed by atoms with van der Waals surface area (Å²) in [6.45, 7) is 1.56. The van der Waals surface area contributed by atoms with Crippen molar-refractivity contribution in [1.29, 1.82) is 0 Å². The van der Waals surface area contributed by atoms with Gasteiger partial charge in [0.25, 0.3) is 0 Å². The Morgan fingerprint density at radius 1 is 1.22 bits per heavy atom. The zero-order valence-corrected chi connectivity index (χ0v) is 12.2. The first kappa shape index (κ1) is 13.4. The number of H-pyrrole nitrogens is 1. The normalized spacial score (nSPS) is 14.3. The lowest BCUT2D eigenvalue weighted by Gasteiger charge is -2.05. The number of pyridine rings is 2. The van der Waals surface area contributed by atoms with E-state index in [9.17, 15) is 4.79 Å². The SMILES string of the molecule is O=c1c2cccnc2[nH]c2c(/C=N\NC3=NCCN3)cccc12. The molecule has 7 heteroatoms. The first-order chi connectivity index (χ1) is 11.3. The maximum Gasteiger partial charge on any atom is 0.212 e. The van der Waals surface area contributed by atoms with E-state index in [1.165, 1.54) is 0 Å². The van der Waals surface area contributed by atoms with Crippen LogP contribution in [0.4, 0.5) is 0 Å². The Morgan fingerprint density at radius 3 is 3.00 bits per heavy atom. The molecule has 0 saturated heterocycles. The van der Waals surface area contributed by atoms with Crippen LogP contribution in [0.25, 0.3) is 21.9 Å². The fraction of sp³-hybridized carbons (Fsp3) is 0.125. The van der Waals surface area contributed by atoms with Gasteiger partial charge in [-0.1, -0.05) is 12.1 Å². The van der Waals surface area contributed by atoms with Crippen molar-refractivity contribution in [2.45, 2.75) is 0 Å². The molecule has 1 aromatic carbocycles. The monoisotopic (exact) mass is 306 g/mol. The highest BCUT2D eigenvalue weighted by molar-refractivity contribution is 6.01. The average molecular weight is 306 g/mol. The quantitative estimate of drug-likeness (QED) is 0.373. The van der Waals surface area contributed by atoms with Gasteiger partial charge in [0, 0.05) is 23.7 Å². The van der Waals surface area contributed by atoms with Crippen molar-refractivity contribution in [3.63, 3.8) is 0 Å². The second-order valence-corrected chi connectivity index (χ2v) is 5.15.